The lowest BCUT2D eigenvalue weighted by Crippen LogP contribution is -2.33. The summed E-state index contributed by atoms with van der Waals surface area (Å²) in [7, 11) is -1.64. The van der Waals surface area contributed by atoms with Gasteiger partial charge < -0.3 is 19.7 Å². The molecule has 0 radical (unpaired) electrons. The van der Waals surface area contributed by atoms with Gasteiger partial charge in [-0.1, -0.05) is 12.1 Å². The highest BCUT2D eigenvalue weighted by Gasteiger charge is 2.25. The monoisotopic (exact) mass is 479 g/mol. The van der Waals surface area contributed by atoms with Crippen molar-refractivity contribution < 1.29 is 31.9 Å². The number of halogens is 1. The number of ether oxygens (including phenoxy) is 2. The number of sulfonamides is 1. The number of hydrogen-bond acceptors (Lipinski definition) is 6. The minimum atomic E-state index is -4.26. The molecular formula is C22H26FN3O6S. The lowest BCUT2D eigenvalue weighted by Gasteiger charge is -2.17. The first kappa shape index (κ1) is 24.3. The van der Waals surface area contributed by atoms with Crippen LogP contribution in [-0.4, -0.2) is 59.0 Å². The molecule has 1 heterocycles. The second-order valence-corrected chi connectivity index (χ2v) is 9.07. The summed E-state index contributed by atoms with van der Waals surface area (Å²) < 4.78 is 52.4. The Morgan fingerprint density at radius 1 is 1.09 bits per heavy atom. The smallest absolute Gasteiger partial charge is 0.262 e. The van der Waals surface area contributed by atoms with E-state index in [-0.39, 0.29) is 46.5 Å². The third kappa shape index (κ3) is 5.72. The van der Waals surface area contributed by atoms with Gasteiger partial charge in [-0.3, -0.25) is 14.3 Å². The summed E-state index contributed by atoms with van der Waals surface area (Å²) >= 11 is 0. The minimum Gasteiger partial charge on any atom is -0.493 e. The van der Waals surface area contributed by atoms with E-state index < -0.39 is 21.7 Å². The molecule has 0 saturated carbocycles. The molecule has 0 spiro atoms. The number of hydrogen-bond donors (Lipinski definition) is 2. The molecule has 33 heavy (non-hydrogen) atoms. The van der Waals surface area contributed by atoms with Crippen LogP contribution in [0, 0.1) is 5.82 Å². The lowest BCUT2D eigenvalue weighted by molar-refractivity contribution is -0.129. The van der Waals surface area contributed by atoms with Crippen molar-refractivity contribution in [1.29, 1.82) is 0 Å². The van der Waals surface area contributed by atoms with Gasteiger partial charge in [0, 0.05) is 32.1 Å². The lowest BCUT2D eigenvalue weighted by atomic mass is 10.1. The first-order chi connectivity index (χ1) is 15.8. The number of amides is 2. The van der Waals surface area contributed by atoms with E-state index in [9.17, 15) is 22.4 Å². The first-order valence-corrected chi connectivity index (χ1v) is 11.8. The summed E-state index contributed by atoms with van der Waals surface area (Å²) in [5.41, 5.74) is -0.335. The number of nitrogens with one attached hydrogen (secondary N) is 2. The van der Waals surface area contributed by atoms with E-state index in [1.54, 1.807) is 4.90 Å². The fraction of sp³-hybridized carbons (Fsp3) is 0.364. The van der Waals surface area contributed by atoms with Gasteiger partial charge >= 0.3 is 0 Å². The van der Waals surface area contributed by atoms with E-state index in [1.807, 2.05) is 0 Å². The Hall–Kier alpha value is -3.34. The SMILES string of the molecule is COc1cc(S(=O)(=O)Nc2ccccc2F)cc(C(=O)NCCC(=O)N2CCCC2)c1OC. The molecule has 2 amide bonds. The van der Waals surface area contributed by atoms with Gasteiger partial charge in [-0.15, -0.1) is 0 Å². The number of nitrogens with zero attached hydrogens (tertiary/aromatic N) is 1. The van der Waals surface area contributed by atoms with Crippen LogP contribution in [0.25, 0.3) is 0 Å². The van der Waals surface area contributed by atoms with E-state index in [2.05, 4.69) is 10.0 Å². The Morgan fingerprint density at radius 3 is 2.42 bits per heavy atom. The second kappa shape index (κ2) is 10.5. The number of benzene rings is 2. The summed E-state index contributed by atoms with van der Waals surface area (Å²) in [6.07, 6.45) is 2.06. The molecule has 0 unspecified atom stereocenters. The molecule has 2 aromatic rings. The number of methoxy groups -OCH3 is 2. The van der Waals surface area contributed by atoms with E-state index in [4.69, 9.17) is 9.47 Å². The fourth-order valence-electron chi connectivity index (χ4n) is 3.51. The van der Waals surface area contributed by atoms with Gasteiger partial charge in [0.05, 0.1) is 30.4 Å². The number of carbonyl (C=O) groups excluding carboxylic acids is 2. The first-order valence-electron chi connectivity index (χ1n) is 10.4. The standard InChI is InChI=1S/C22H26FN3O6S/c1-31-19-14-15(33(29,30)25-18-8-4-3-7-17(18)23)13-16(21(19)32-2)22(28)24-10-9-20(27)26-11-5-6-12-26/h3-4,7-8,13-14,25H,5-6,9-12H2,1-2H3,(H,24,28). The van der Waals surface area contributed by atoms with Gasteiger partial charge in [0.1, 0.15) is 5.82 Å². The predicted octanol–water partition coefficient (Wildman–Crippen LogP) is 2.39. The van der Waals surface area contributed by atoms with Gasteiger partial charge in [0.15, 0.2) is 11.5 Å². The van der Waals surface area contributed by atoms with Gasteiger partial charge in [0.25, 0.3) is 15.9 Å². The van der Waals surface area contributed by atoms with Gasteiger partial charge in [-0.2, -0.15) is 0 Å². The van der Waals surface area contributed by atoms with Gasteiger partial charge in [0.2, 0.25) is 5.91 Å². The maximum Gasteiger partial charge on any atom is 0.262 e. The minimum absolute atomic E-state index is 0.00667. The largest absolute Gasteiger partial charge is 0.493 e. The average Bonchev–Trinajstić information content (AvgIpc) is 3.34. The maximum atomic E-state index is 14.0. The summed E-state index contributed by atoms with van der Waals surface area (Å²) in [6, 6.07) is 7.60. The second-order valence-electron chi connectivity index (χ2n) is 7.39. The Kier molecular flexibility index (Phi) is 7.75. The maximum absolute atomic E-state index is 14.0. The van der Waals surface area contributed by atoms with Crippen molar-refractivity contribution in [2.45, 2.75) is 24.2 Å². The molecule has 0 aromatic heterocycles. The fourth-order valence-corrected chi connectivity index (χ4v) is 4.62. The molecule has 0 aliphatic carbocycles. The Morgan fingerprint density at radius 2 is 1.79 bits per heavy atom. The Balaban J connectivity index is 1.83. The van der Waals surface area contributed by atoms with Crippen LogP contribution >= 0.6 is 0 Å². The third-order valence-corrected chi connectivity index (χ3v) is 6.55. The van der Waals surface area contributed by atoms with Crippen LogP contribution < -0.4 is 19.5 Å². The quantitative estimate of drug-likeness (QED) is 0.571. The molecule has 178 valence electrons. The zero-order valence-electron chi connectivity index (χ0n) is 18.4. The van der Waals surface area contributed by atoms with Crippen molar-refractivity contribution in [3.05, 3.63) is 47.8 Å². The van der Waals surface area contributed by atoms with Crippen molar-refractivity contribution in [3.8, 4) is 11.5 Å². The van der Waals surface area contributed by atoms with E-state index in [0.717, 1.165) is 25.0 Å². The zero-order valence-corrected chi connectivity index (χ0v) is 19.2. The van der Waals surface area contributed by atoms with E-state index >= 15 is 0 Å². The average molecular weight is 480 g/mol. The van der Waals surface area contributed by atoms with Crippen molar-refractivity contribution >= 4 is 27.5 Å². The van der Waals surface area contributed by atoms with Crippen LogP contribution in [0.1, 0.15) is 29.6 Å². The molecule has 2 N–H and O–H groups in total. The van der Waals surface area contributed by atoms with Crippen molar-refractivity contribution in [1.82, 2.24) is 10.2 Å². The highest BCUT2D eigenvalue weighted by atomic mass is 32.2. The van der Waals surface area contributed by atoms with E-state index in [1.165, 1.54) is 38.5 Å². The number of rotatable bonds is 9. The van der Waals surface area contributed by atoms with Crippen LogP contribution in [-0.2, 0) is 14.8 Å². The van der Waals surface area contributed by atoms with Gasteiger partial charge in [-0.25, -0.2) is 12.8 Å². The molecule has 0 atom stereocenters. The molecule has 1 aliphatic heterocycles. The van der Waals surface area contributed by atoms with Crippen molar-refractivity contribution in [3.63, 3.8) is 0 Å². The third-order valence-electron chi connectivity index (χ3n) is 5.21. The van der Waals surface area contributed by atoms with Crippen LogP contribution in [0.3, 0.4) is 0 Å². The molecule has 1 aliphatic rings. The molecule has 2 aromatic carbocycles. The number of carbonyl (C=O) groups is 2. The summed E-state index contributed by atoms with van der Waals surface area (Å²) in [5.74, 6) is -1.40. The molecular weight excluding hydrogens is 453 g/mol. The highest BCUT2D eigenvalue weighted by molar-refractivity contribution is 7.92. The Bertz CT molecular complexity index is 1130. The number of anilines is 1. The van der Waals surface area contributed by atoms with Crippen molar-refractivity contribution in [2.24, 2.45) is 0 Å². The summed E-state index contributed by atoms with van der Waals surface area (Å²) in [4.78, 5) is 26.5. The van der Waals surface area contributed by atoms with E-state index in [0.29, 0.717) is 13.1 Å². The van der Waals surface area contributed by atoms with Crippen LogP contribution in [0.4, 0.5) is 10.1 Å². The molecule has 3 rings (SSSR count). The molecule has 1 fully saturated rings. The van der Waals surface area contributed by atoms with Crippen LogP contribution in [0.15, 0.2) is 41.3 Å². The number of para-hydroxylation sites is 1. The van der Waals surface area contributed by atoms with Crippen LogP contribution in [0.5, 0.6) is 11.5 Å². The number of likely N-dealkylation sites (tertiary alicyclic amines) is 1. The van der Waals surface area contributed by atoms with Crippen LogP contribution in [0.2, 0.25) is 0 Å². The predicted molar refractivity (Wildman–Crippen MR) is 120 cm³/mol. The van der Waals surface area contributed by atoms with Crippen molar-refractivity contribution in [2.75, 3.05) is 38.6 Å². The topological polar surface area (TPSA) is 114 Å². The zero-order chi connectivity index (χ0) is 24.0. The normalized spacial score (nSPS) is 13.5. The van der Waals surface area contributed by atoms with Gasteiger partial charge in [-0.05, 0) is 31.0 Å². The molecule has 11 heteroatoms. The summed E-state index contributed by atoms with van der Waals surface area (Å²) in [6.45, 7) is 1.50. The Labute approximate surface area is 191 Å². The highest BCUT2D eigenvalue weighted by Crippen LogP contribution is 2.35. The summed E-state index contributed by atoms with van der Waals surface area (Å²) in [5, 5.41) is 2.62. The molecule has 1 saturated heterocycles. The molecule has 0 bridgehead atoms. The molecule has 9 nitrogen and oxygen atoms in total.